The van der Waals surface area contributed by atoms with Crippen LogP contribution in [-0.2, 0) is 20.3 Å². The molecule has 0 radical (unpaired) electrons. The molecule has 1 heterocycles. The Kier molecular flexibility index (Phi) is 4.39. The fourth-order valence-electron chi connectivity index (χ4n) is 2.44. The van der Waals surface area contributed by atoms with Crippen LogP contribution in [0.25, 0.3) is 0 Å². The van der Waals surface area contributed by atoms with Gasteiger partial charge in [-0.25, -0.2) is 8.42 Å². The zero-order valence-electron chi connectivity index (χ0n) is 11.6. The van der Waals surface area contributed by atoms with Crippen LogP contribution in [0.1, 0.15) is 32.3 Å². The van der Waals surface area contributed by atoms with Gasteiger partial charge in [-0.15, -0.1) is 0 Å². The van der Waals surface area contributed by atoms with Crippen molar-refractivity contribution in [1.29, 1.82) is 0 Å². The first-order valence-electron chi connectivity index (χ1n) is 6.67. The number of hydrogen-bond acceptors (Lipinski definition) is 3. The monoisotopic (exact) mass is 315 g/mol. The molecule has 2 rings (SSSR count). The summed E-state index contributed by atoms with van der Waals surface area (Å²) in [5.74, 6) is 0.387. The quantitative estimate of drug-likeness (QED) is 0.806. The molecule has 0 fully saturated rings. The summed E-state index contributed by atoms with van der Waals surface area (Å²) in [5, 5.41) is 0. The minimum Gasteiger partial charge on any atom is -0.312 e. The molecule has 0 spiro atoms. The van der Waals surface area contributed by atoms with E-state index in [1.807, 2.05) is 13.8 Å². The van der Waals surface area contributed by atoms with Gasteiger partial charge in [0.15, 0.2) is 0 Å². The first-order valence-corrected chi connectivity index (χ1v) is 8.98. The lowest BCUT2D eigenvalue weighted by Gasteiger charge is -2.30. The molecule has 0 saturated heterocycles. The third-order valence-electron chi connectivity index (χ3n) is 3.34. The maximum atomic E-state index is 12.2. The van der Waals surface area contributed by atoms with Crippen molar-refractivity contribution in [2.45, 2.75) is 38.0 Å². The Bertz CT molecular complexity index is 625. The first-order chi connectivity index (χ1) is 9.29. The molecule has 0 aromatic heterocycles. The molecule has 1 aromatic rings. The highest BCUT2D eigenvalue weighted by molar-refractivity contribution is 8.13. The normalized spacial score (nSPS) is 15.3. The maximum Gasteiger partial charge on any atom is 0.261 e. The summed E-state index contributed by atoms with van der Waals surface area (Å²) in [6.45, 7) is 4.70. The van der Waals surface area contributed by atoms with Crippen LogP contribution < -0.4 is 4.90 Å². The summed E-state index contributed by atoms with van der Waals surface area (Å²) in [4.78, 5) is 14.1. The number of nitrogens with zero attached hydrogens (tertiary/aromatic N) is 1. The molecule has 4 nitrogen and oxygen atoms in total. The highest BCUT2D eigenvalue weighted by atomic mass is 35.7. The van der Waals surface area contributed by atoms with E-state index in [9.17, 15) is 13.2 Å². The van der Waals surface area contributed by atoms with Crippen LogP contribution in [-0.4, -0.2) is 20.9 Å². The second kappa shape index (κ2) is 5.74. The number of halogens is 1. The van der Waals surface area contributed by atoms with E-state index in [0.717, 1.165) is 24.1 Å². The number of benzene rings is 1. The van der Waals surface area contributed by atoms with Crippen LogP contribution in [0.3, 0.4) is 0 Å². The topological polar surface area (TPSA) is 54.5 Å². The fourth-order valence-corrected chi connectivity index (χ4v) is 3.25. The van der Waals surface area contributed by atoms with Gasteiger partial charge in [-0.1, -0.05) is 13.8 Å². The molecular weight excluding hydrogens is 298 g/mol. The van der Waals surface area contributed by atoms with Gasteiger partial charge in [0.05, 0.1) is 4.90 Å². The van der Waals surface area contributed by atoms with E-state index in [1.165, 1.54) is 6.07 Å². The van der Waals surface area contributed by atoms with Crippen molar-refractivity contribution in [3.63, 3.8) is 0 Å². The van der Waals surface area contributed by atoms with Crippen LogP contribution in [0, 0.1) is 5.92 Å². The Hall–Kier alpha value is -1.07. The second-order valence-corrected chi connectivity index (χ2v) is 8.04. The summed E-state index contributed by atoms with van der Waals surface area (Å²) >= 11 is 0. The smallest absolute Gasteiger partial charge is 0.261 e. The third-order valence-corrected chi connectivity index (χ3v) is 4.69. The Morgan fingerprint density at radius 1 is 1.40 bits per heavy atom. The molecule has 1 aliphatic rings. The molecular formula is C14H18ClNO3S. The van der Waals surface area contributed by atoms with Gasteiger partial charge in [0.2, 0.25) is 5.91 Å². The first kappa shape index (κ1) is 15.3. The van der Waals surface area contributed by atoms with Crippen molar-refractivity contribution >= 4 is 31.3 Å². The van der Waals surface area contributed by atoms with Crippen molar-refractivity contribution in [2.24, 2.45) is 5.92 Å². The summed E-state index contributed by atoms with van der Waals surface area (Å²) in [6.07, 6.45) is 2.10. The number of amides is 1. The van der Waals surface area contributed by atoms with Gasteiger partial charge in [-0.3, -0.25) is 4.79 Å². The third kappa shape index (κ3) is 3.33. The summed E-state index contributed by atoms with van der Waals surface area (Å²) < 4.78 is 22.7. The Morgan fingerprint density at radius 2 is 2.10 bits per heavy atom. The van der Waals surface area contributed by atoms with Crippen molar-refractivity contribution in [3.8, 4) is 0 Å². The molecule has 0 N–H and O–H groups in total. The molecule has 0 saturated carbocycles. The summed E-state index contributed by atoms with van der Waals surface area (Å²) in [7, 11) is 1.64. The van der Waals surface area contributed by atoms with Crippen LogP contribution in [0.15, 0.2) is 23.1 Å². The maximum absolute atomic E-state index is 12.2. The van der Waals surface area contributed by atoms with Gasteiger partial charge in [0.25, 0.3) is 9.05 Å². The highest BCUT2D eigenvalue weighted by Crippen LogP contribution is 2.31. The fraction of sp³-hybridized carbons (Fsp3) is 0.500. The predicted octanol–water partition coefficient (Wildman–Crippen LogP) is 2.94. The minimum atomic E-state index is -3.72. The lowest BCUT2D eigenvalue weighted by molar-refractivity contribution is -0.119. The van der Waals surface area contributed by atoms with Crippen molar-refractivity contribution in [1.82, 2.24) is 0 Å². The van der Waals surface area contributed by atoms with E-state index >= 15 is 0 Å². The number of carbonyl (C=O) groups is 1. The average Bonchev–Trinajstić information content (AvgIpc) is 2.35. The van der Waals surface area contributed by atoms with E-state index in [0.29, 0.717) is 18.9 Å². The number of rotatable bonds is 3. The molecule has 110 valence electrons. The number of carbonyl (C=O) groups excluding carboxylic acids is 1. The summed E-state index contributed by atoms with van der Waals surface area (Å²) in [5.41, 5.74) is 1.68. The largest absolute Gasteiger partial charge is 0.312 e. The Labute approximate surface area is 124 Å². The number of aryl methyl sites for hydroxylation is 1. The van der Waals surface area contributed by atoms with Crippen molar-refractivity contribution in [3.05, 3.63) is 23.8 Å². The van der Waals surface area contributed by atoms with E-state index in [-0.39, 0.29) is 10.8 Å². The molecule has 6 heteroatoms. The zero-order chi connectivity index (χ0) is 14.9. The lowest BCUT2D eigenvalue weighted by atomic mass is 10.0. The van der Waals surface area contributed by atoms with Crippen LogP contribution >= 0.6 is 10.7 Å². The molecule has 0 aliphatic carbocycles. The molecule has 1 aromatic carbocycles. The molecule has 0 atom stereocenters. The van der Waals surface area contributed by atoms with Gasteiger partial charge >= 0.3 is 0 Å². The number of hydrogen-bond donors (Lipinski definition) is 0. The van der Waals surface area contributed by atoms with Gasteiger partial charge in [0.1, 0.15) is 0 Å². The zero-order valence-corrected chi connectivity index (χ0v) is 13.2. The Morgan fingerprint density at radius 3 is 2.70 bits per heavy atom. The second-order valence-electron chi connectivity index (χ2n) is 5.48. The summed E-state index contributed by atoms with van der Waals surface area (Å²) in [6, 6.07) is 4.72. The van der Waals surface area contributed by atoms with Crippen LogP contribution in [0.2, 0.25) is 0 Å². The van der Waals surface area contributed by atoms with Gasteiger partial charge in [-0.2, -0.15) is 0 Å². The average molecular weight is 316 g/mol. The van der Waals surface area contributed by atoms with E-state index in [1.54, 1.807) is 17.0 Å². The molecule has 1 amide bonds. The van der Waals surface area contributed by atoms with E-state index in [2.05, 4.69) is 0 Å². The van der Waals surface area contributed by atoms with Gasteiger partial charge in [-0.05, 0) is 42.5 Å². The molecule has 0 bridgehead atoms. The minimum absolute atomic E-state index is 0.0856. The number of fused-ring (bicyclic) bond motifs is 1. The predicted molar refractivity (Wildman–Crippen MR) is 79.6 cm³/mol. The lowest BCUT2D eigenvalue weighted by Crippen LogP contribution is -2.36. The van der Waals surface area contributed by atoms with E-state index in [4.69, 9.17) is 10.7 Å². The number of anilines is 1. The highest BCUT2D eigenvalue weighted by Gasteiger charge is 2.24. The SMILES string of the molecule is CC(C)CC(=O)N1CCCc2cc(S(=O)(=O)Cl)ccc21. The van der Waals surface area contributed by atoms with Crippen molar-refractivity contribution in [2.75, 3.05) is 11.4 Å². The van der Waals surface area contributed by atoms with E-state index < -0.39 is 9.05 Å². The Balaban J connectivity index is 2.35. The van der Waals surface area contributed by atoms with Crippen molar-refractivity contribution < 1.29 is 13.2 Å². The molecule has 0 unspecified atom stereocenters. The van der Waals surface area contributed by atoms with Gasteiger partial charge in [0, 0.05) is 29.3 Å². The molecule has 20 heavy (non-hydrogen) atoms. The molecule has 1 aliphatic heterocycles. The standard InChI is InChI=1S/C14H18ClNO3S/c1-10(2)8-14(17)16-7-3-4-11-9-12(20(15,18)19)5-6-13(11)16/h5-6,9-10H,3-4,7-8H2,1-2H3. The van der Waals surface area contributed by atoms with Crippen LogP contribution in [0.5, 0.6) is 0 Å². The van der Waals surface area contributed by atoms with Crippen LogP contribution in [0.4, 0.5) is 5.69 Å². The van der Waals surface area contributed by atoms with Gasteiger partial charge < -0.3 is 4.90 Å².